The molecule has 1 aliphatic heterocycles. The van der Waals surface area contributed by atoms with Gasteiger partial charge in [0.25, 0.3) is 0 Å². The number of amides is 1. The fraction of sp³-hybridized carbons (Fsp3) is 0.526. The maximum atomic E-state index is 12.2. The van der Waals surface area contributed by atoms with Gasteiger partial charge >= 0.3 is 0 Å². The van der Waals surface area contributed by atoms with Crippen molar-refractivity contribution in [3.8, 4) is 0 Å². The second-order valence-corrected chi connectivity index (χ2v) is 7.02. The standard InChI is InChI=1S/C19H25ClN4O2/c1-2-6-17-22-19(26-23-17)10-9-18(25)21-14-7-8-16(15(20)13-14)24-11-4-3-5-12-24/h7-8,13H,2-6,9-12H2,1H3,(H,21,25). The smallest absolute Gasteiger partial charge is 0.227 e. The van der Waals surface area contributed by atoms with Crippen LogP contribution >= 0.6 is 11.6 Å². The van der Waals surface area contributed by atoms with E-state index in [0.717, 1.165) is 31.6 Å². The van der Waals surface area contributed by atoms with Crippen LogP contribution in [-0.4, -0.2) is 29.1 Å². The van der Waals surface area contributed by atoms with Gasteiger partial charge in [0.2, 0.25) is 11.8 Å². The van der Waals surface area contributed by atoms with Crippen molar-refractivity contribution in [2.75, 3.05) is 23.3 Å². The molecule has 1 aromatic heterocycles. The predicted molar refractivity (Wildman–Crippen MR) is 103 cm³/mol. The van der Waals surface area contributed by atoms with E-state index in [4.69, 9.17) is 16.1 Å². The first-order valence-electron chi connectivity index (χ1n) is 9.31. The number of hydrogen-bond donors (Lipinski definition) is 1. The molecule has 140 valence electrons. The van der Waals surface area contributed by atoms with Crippen LogP contribution in [-0.2, 0) is 17.6 Å². The highest BCUT2D eigenvalue weighted by molar-refractivity contribution is 6.33. The van der Waals surface area contributed by atoms with Crippen LogP contribution in [0.5, 0.6) is 0 Å². The minimum absolute atomic E-state index is 0.0953. The van der Waals surface area contributed by atoms with Gasteiger partial charge in [-0.25, -0.2) is 0 Å². The first-order valence-corrected chi connectivity index (χ1v) is 9.69. The molecule has 6 nitrogen and oxygen atoms in total. The van der Waals surface area contributed by atoms with E-state index in [1.54, 1.807) is 0 Å². The van der Waals surface area contributed by atoms with Gasteiger partial charge < -0.3 is 14.7 Å². The topological polar surface area (TPSA) is 71.3 Å². The van der Waals surface area contributed by atoms with Crippen LogP contribution in [0.25, 0.3) is 0 Å². The third kappa shape index (κ3) is 4.97. The molecular formula is C19H25ClN4O2. The molecule has 26 heavy (non-hydrogen) atoms. The zero-order chi connectivity index (χ0) is 18.4. The van der Waals surface area contributed by atoms with Crippen LogP contribution in [0.4, 0.5) is 11.4 Å². The van der Waals surface area contributed by atoms with Gasteiger partial charge in [0, 0.05) is 38.0 Å². The summed E-state index contributed by atoms with van der Waals surface area (Å²) in [5.74, 6) is 1.10. The normalized spacial score (nSPS) is 14.5. The zero-order valence-corrected chi connectivity index (χ0v) is 15.9. The Morgan fingerprint density at radius 1 is 1.27 bits per heavy atom. The fourth-order valence-corrected chi connectivity index (χ4v) is 3.44. The average Bonchev–Trinajstić information content (AvgIpc) is 3.09. The van der Waals surface area contributed by atoms with Gasteiger partial charge in [-0.05, 0) is 43.9 Å². The Balaban J connectivity index is 1.52. The second-order valence-electron chi connectivity index (χ2n) is 6.62. The van der Waals surface area contributed by atoms with Gasteiger partial charge in [-0.2, -0.15) is 4.98 Å². The van der Waals surface area contributed by atoms with Crippen molar-refractivity contribution >= 4 is 28.9 Å². The lowest BCUT2D eigenvalue weighted by Gasteiger charge is -2.29. The van der Waals surface area contributed by atoms with E-state index in [9.17, 15) is 4.79 Å². The molecule has 2 heterocycles. The fourth-order valence-electron chi connectivity index (χ4n) is 3.14. The lowest BCUT2D eigenvalue weighted by atomic mass is 10.1. The van der Waals surface area contributed by atoms with Gasteiger partial charge in [0.1, 0.15) is 0 Å². The molecule has 0 atom stereocenters. The molecule has 0 bridgehead atoms. The minimum Gasteiger partial charge on any atom is -0.370 e. The predicted octanol–water partition coefficient (Wildman–Crippen LogP) is 4.24. The molecule has 1 saturated heterocycles. The van der Waals surface area contributed by atoms with Gasteiger partial charge in [-0.1, -0.05) is 23.7 Å². The first kappa shape index (κ1) is 18.7. The summed E-state index contributed by atoms with van der Waals surface area (Å²) < 4.78 is 5.15. The number of piperidine rings is 1. The molecule has 0 saturated carbocycles. The molecular weight excluding hydrogens is 352 g/mol. The Morgan fingerprint density at radius 3 is 2.81 bits per heavy atom. The van der Waals surface area contributed by atoms with Crippen LogP contribution < -0.4 is 10.2 Å². The molecule has 1 aromatic carbocycles. The Kier molecular flexibility index (Phi) is 6.50. The second kappa shape index (κ2) is 9.03. The summed E-state index contributed by atoms with van der Waals surface area (Å²) in [7, 11) is 0. The van der Waals surface area contributed by atoms with E-state index in [1.165, 1.54) is 19.3 Å². The molecule has 3 rings (SSSR count). The quantitative estimate of drug-likeness (QED) is 0.782. The third-order valence-electron chi connectivity index (χ3n) is 4.48. The maximum absolute atomic E-state index is 12.2. The summed E-state index contributed by atoms with van der Waals surface area (Å²) in [5.41, 5.74) is 1.75. The molecule has 0 radical (unpaired) electrons. The Hall–Kier alpha value is -2.08. The highest BCUT2D eigenvalue weighted by atomic mass is 35.5. The highest BCUT2D eigenvalue weighted by Crippen LogP contribution is 2.30. The number of nitrogens with one attached hydrogen (secondary N) is 1. The number of aromatic nitrogens is 2. The number of nitrogens with zero attached hydrogens (tertiary/aromatic N) is 3. The number of hydrogen-bond acceptors (Lipinski definition) is 5. The van der Waals surface area contributed by atoms with Crippen molar-refractivity contribution in [3.05, 3.63) is 34.9 Å². The van der Waals surface area contributed by atoms with Crippen molar-refractivity contribution < 1.29 is 9.32 Å². The van der Waals surface area contributed by atoms with Crippen molar-refractivity contribution in [2.24, 2.45) is 0 Å². The lowest BCUT2D eigenvalue weighted by Crippen LogP contribution is -2.29. The Bertz CT molecular complexity index is 741. The van der Waals surface area contributed by atoms with E-state index in [1.807, 2.05) is 18.2 Å². The summed E-state index contributed by atoms with van der Waals surface area (Å²) in [6.45, 7) is 4.14. The summed E-state index contributed by atoms with van der Waals surface area (Å²) in [4.78, 5) is 18.7. The van der Waals surface area contributed by atoms with Crippen LogP contribution in [0, 0.1) is 0 Å². The Morgan fingerprint density at radius 2 is 2.08 bits per heavy atom. The summed E-state index contributed by atoms with van der Waals surface area (Å²) in [6, 6.07) is 5.70. The number of halogens is 1. The summed E-state index contributed by atoms with van der Waals surface area (Å²) >= 11 is 6.43. The molecule has 1 fully saturated rings. The largest absolute Gasteiger partial charge is 0.370 e. The molecule has 1 amide bonds. The highest BCUT2D eigenvalue weighted by Gasteiger charge is 2.15. The number of rotatable bonds is 7. The van der Waals surface area contributed by atoms with Crippen molar-refractivity contribution in [1.29, 1.82) is 0 Å². The number of aryl methyl sites for hydroxylation is 2. The number of anilines is 2. The van der Waals surface area contributed by atoms with E-state index in [2.05, 4.69) is 27.3 Å². The average molecular weight is 377 g/mol. The maximum Gasteiger partial charge on any atom is 0.227 e. The monoisotopic (exact) mass is 376 g/mol. The molecule has 0 unspecified atom stereocenters. The van der Waals surface area contributed by atoms with Gasteiger partial charge in [0.15, 0.2) is 5.82 Å². The van der Waals surface area contributed by atoms with Gasteiger partial charge in [0.05, 0.1) is 10.7 Å². The number of benzene rings is 1. The van der Waals surface area contributed by atoms with E-state index < -0.39 is 0 Å². The van der Waals surface area contributed by atoms with E-state index in [-0.39, 0.29) is 5.91 Å². The molecule has 0 aliphatic carbocycles. The summed E-state index contributed by atoms with van der Waals surface area (Å²) in [5, 5.41) is 7.45. The molecule has 1 aliphatic rings. The number of carbonyl (C=O) groups is 1. The minimum atomic E-state index is -0.0953. The van der Waals surface area contributed by atoms with Gasteiger partial charge in [-0.15, -0.1) is 0 Å². The van der Waals surface area contributed by atoms with Crippen LogP contribution in [0.2, 0.25) is 5.02 Å². The van der Waals surface area contributed by atoms with Crippen molar-refractivity contribution in [2.45, 2.75) is 51.9 Å². The van der Waals surface area contributed by atoms with Gasteiger partial charge in [-0.3, -0.25) is 4.79 Å². The molecule has 0 spiro atoms. The first-order chi connectivity index (χ1) is 12.7. The van der Waals surface area contributed by atoms with Crippen LogP contribution in [0.1, 0.15) is 50.7 Å². The zero-order valence-electron chi connectivity index (χ0n) is 15.1. The van der Waals surface area contributed by atoms with Crippen LogP contribution in [0.3, 0.4) is 0 Å². The number of carbonyl (C=O) groups excluding carboxylic acids is 1. The SMILES string of the molecule is CCCc1noc(CCC(=O)Nc2ccc(N3CCCCC3)c(Cl)c2)n1. The van der Waals surface area contributed by atoms with Crippen molar-refractivity contribution in [3.63, 3.8) is 0 Å². The third-order valence-corrected chi connectivity index (χ3v) is 4.78. The van der Waals surface area contributed by atoms with Crippen LogP contribution in [0.15, 0.2) is 22.7 Å². The molecule has 7 heteroatoms. The van der Waals surface area contributed by atoms with E-state index >= 15 is 0 Å². The molecule has 2 aromatic rings. The van der Waals surface area contributed by atoms with E-state index in [0.29, 0.717) is 35.3 Å². The summed E-state index contributed by atoms with van der Waals surface area (Å²) in [6.07, 6.45) is 6.16. The van der Waals surface area contributed by atoms with Crippen molar-refractivity contribution in [1.82, 2.24) is 10.1 Å². The molecule has 1 N–H and O–H groups in total. The lowest BCUT2D eigenvalue weighted by molar-refractivity contribution is -0.116. The Labute approximate surface area is 158 Å².